The minimum Gasteiger partial charge on any atom is -0.333 e. The molecule has 2 atom stereocenters. The highest BCUT2D eigenvalue weighted by atomic mass is 16.2. The summed E-state index contributed by atoms with van der Waals surface area (Å²) in [5, 5.41) is 0. The van der Waals surface area contributed by atoms with E-state index in [0.717, 1.165) is 6.42 Å². The molecule has 7 nitrogen and oxygen atoms in total. The third-order valence-electron chi connectivity index (χ3n) is 4.51. The molecule has 0 N–H and O–H groups in total. The van der Waals surface area contributed by atoms with Gasteiger partial charge in [-0.15, -0.1) is 0 Å². The van der Waals surface area contributed by atoms with Crippen molar-refractivity contribution in [2.75, 3.05) is 11.4 Å². The molecule has 2 unspecified atom stereocenters. The zero-order chi connectivity index (χ0) is 15.8. The van der Waals surface area contributed by atoms with Gasteiger partial charge < -0.3 is 9.80 Å². The highest BCUT2D eigenvalue weighted by molar-refractivity contribution is 6.00. The lowest BCUT2D eigenvalue weighted by molar-refractivity contribution is -0.117. The van der Waals surface area contributed by atoms with Crippen molar-refractivity contribution in [1.82, 2.24) is 19.9 Å². The Balaban J connectivity index is 1.60. The van der Waals surface area contributed by atoms with Gasteiger partial charge in [-0.1, -0.05) is 0 Å². The van der Waals surface area contributed by atoms with Crippen LogP contribution < -0.4 is 4.90 Å². The van der Waals surface area contributed by atoms with E-state index in [1.165, 1.54) is 6.33 Å². The summed E-state index contributed by atoms with van der Waals surface area (Å²) in [5.74, 6) is -0.0270. The molecule has 2 aliphatic heterocycles. The average Bonchev–Trinajstić information content (AvgIpc) is 3.13. The van der Waals surface area contributed by atoms with Gasteiger partial charge in [-0.05, 0) is 18.6 Å². The fourth-order valence-electron chi connectivity index (χ4n) is 3.51. The van der Waals surface area contributed by atoms with Crippen LogP contribution in [0.1, 0.15) is 23.2 Å². The summed E-state index contributed by atoms with van der Waals surface area (Å²) in [7, 11) is 0. The van der Waals surface area contributed by atoms with E-state index in [1.54, 1.807) is 41.8 Å². The van der Waals surface area contributed by atoms with Crippen molar-refractivity contribution in [1.29, 1.82) is 0 Å². The Labute approximate surface area is 133 Å². The number of carbonyl (C=O) groups excluding carboxylic acids is 2. The first-order valence-electron chi connectivity index (χ1n) is 7.54. The number of rotatable bonds is 2. The standard InChI is InChI=1S/C16H15N5O2/c22-15-7-14-13(21(15)12-8-18-10-19-9-12)3-6-20(14)16(23)11-1-4-17-5-2-11/h1-2,4-5,8-10,13-14H,3,6-7H2. The summed E-state index contributed by atoms with van der Waals surface area (Å²) >= 11 is 0. The van der Waals surface area contributed by atoms with Gasteiger partial charge in [0.25, 0.3) is 5.91 Å². The fraction of sp³-hybridized carbons (Fsp3) is 0.312. The van der Waals surface area contributed by atoms with Crippen molar-refractivity contribution >= 4 is 17.5 Å². The van der Waals surface area contributed by atoms with Gasteiger partial charge in [0, 0.05) is 30.9 Å². The number of aromatic nitrogens is 3. The van der Waals surface area contributed by atoms with Crippen LogP contribution in [0.3, 0.4) is 0 Å². The van der Waals surface area contributed by atoms with Gasteiger partial charge in [0.15, 0.2) is 0 Å². The van der Waals surface area contributed by atoms with Crippen molar-refractivity contribution in [2.45, 2.75) is 24.9 Å². The number of pyridine rings is 1. The first kappa shape index (κ1) is 13.8. The van der Waals surface area contributed by atoms with E-state index >= 15 is 0 Å². The Morgan fingerprint density at radius 1 is 1.09 bits per heavy atom. The topological polar surface area (TPSA) is 79.3 Å². The molecule has 2 saturated heterocycles. The van der Waals surface area contributed by atoms with Crippen molar-refractivity contribution in [2.24, 2.45) is 0 Å². The third-order valence-corrected chi connectivity index (χ3v) is 4.51. The van der Waals surface area contributed by atoms with Gasteiger partial charge in [-0.2, -0.15) is 0 Å². The molecule has 2 fully saturated rings. The average molecular weight is 309 g/mol. The molecule has 2 aromatic rings. The zero-order valence-corrected chi connectivity index (χ0v) is 12.4. The maximum Gasteiger partial charge on any atom is 0.254 e. The second-order valence-corrected chi connectivity index (χ2v) is 5.72. The first-order valence-corrected chi connectivity index (χ1v) is 7.54. The number of likely N-dealkylation sites (tertiary alicyclic amines) is 1. The van der Waals surface area contributed by atoms with Crippen molar-refractivity contribution in [3.8, 4) is 0 Å². The smallest absolute Gasteiger partial charge is 0.254 e. The summed E-state index contributed by atoms with van der Waals surface area (Å²) in [6.45, 7) is 0.647. The Hall–Kier alpha value is -2.83. The highest BCUT2D eigenvalue weighted by Crippen LogP contribution is 2.36. The number of fused-ring (bicyclic) bond motifs is 1. The van der Waals surface area contributed by atoms with Crippen molar-refractivity contribution < 1.29 is 9.59 Å². The molecule has 0 radical (unpaired) electrons. The van der Waals surface area contributed by atoms with Crippen molar-refractivity contribution in [3.63, 3.8) is 0 Å². The third kappa shape index (κ3) is 2.25. The monoisotopic (exact) mass is 309 g/mol. The molecule has 116 valence electrons. The Kier molecular flexibility index (Phi) is 3.25. The maximum atomic E-state index is 12.7. The molecule has 0 bridgehead atoms. The molecular formula is C16H15N5O2. The van der Waals surface area contributed by atoms with Crippen LogP contribution in [0.15, 0.2) is 43.2 Å². The summed E-state index contributed by atoms with van der Waals surface area (Å²) < 4.78 is 0. The Morgan fingerprint density at radius 2 is 1.83 bits per heavy atom. The Morgan fingerprint density at radius 3 is 2.57 bits per heavy atom. The predicted molar refractivity (Wildman–Crippen MR) is 81.6 cm³/mol. The van der Waals surface area contributed by atoms with Crippen LogP contribution in [0.2, 0.25) is 0 Å². The van der Waals surface area contributed by atoms with Crippen LogP contribution in [0.4, 0.5) is 5.69 Å². The lowest BCUT2D eigenvalue weighted by atomic mass is 10.1. The van der Waals surface area contributed by atoms with E-state index < -0.39 is 0 Å². The lowest BCUT2D eigenvalue weighted by Gasteiger charge is -2.25. The predicted octanol–water partition coefficient (Wildman–Crippen LogP) is 0.892. The molecule has 2 aromatic heterocycles. The summed E-state index contributed by atoms with van der Waals surface area (Å²) in [4.78, 5) is 40.6. The molecular weight excluding hydrogens is 294 g/mol. The zero-order valence-electron chi connectivity index (χ0n) is 12.4. The maximum absolute atomic E-state index is 12.7. The number of hydrogen-bond acceptors (Lipinski definition) is 5. The van der Waals surface area contributed by atoms with E-state index in [2.05, 4.69) is 15.0 Å². The Bertz CT molecular complexity index is 737. The number of amides is 2. The van der Waals surface area contributed by atoms with Crippen LogP contribution in [0, 0.1) is 0 Å². The summed E-state index contributed by atoms with van der Waals surface area (Å²) in [6, 6.07) is 3.31. The van der Waals surface area contributed by atoms with Crippen LogP contribution in [0.25, 0.3) is 0 Å². The number of hydrogen-bond donors (Lipinski definition) is 0. The van der Waals surface area contributed by atoms with E-state index in [4.69, 9.17) is 0 Å². The van der Waals surface area contributed by atoms with E-state index in [9.17, 15) is 9.59 Å². The van der Waals surface area contributed by atoms with Crippen LogP contribution in [-0.2, 0) is 4.79 Å². The quantitative estimate of drug-likeness (QED) is 0.823. The normalized spacial score (nSPS) is 23.2. The van der Waals surface area contributed by atoms with E-state index in [1.807, 2.05) is 4.90 Å². The molecule has 2 amide bonds. The van der Waals surface area contributed by atoms with Gasteiger partial charge in [0.1, 0.15) is 6.33 Å². The SMILES string of the molecule is O=C(c1ccncc1)N1CCC2C1CC(=O)N2c1cncnc1. The molecule has 4 rings (SSSR count). The second-order valence-electron chi connectivity index (χ2n) is 5.72. The molecule has 0 saturated carbocycles. The lowest BCUT2D eigenvalue weighted by Crippen LogP contribution is -2.40. The largest absolute Gasteiger partial charge is 0.333 e. The number of nitrogens with zero attached hydrogens (tertiary/aromatic N) is 5. The van der Waals surface area contributed by atoms with Crippen molar-refractivity contribution in [3.05, 3.63) is 48.8 Å². The first-order chi connectivity index (χ1) is 11.3. The molecule has 2 aliphatic rings. The van der Waals surface area contributed by atoms with Gasteiger partial charge in [-0.25, -0.2) is 9.97 Å². The summed E-state index contributed by atoms with van der Waals surface area (Å²) in [6.07, 6.45) is 9.04. The number of carbonyl (C=O) groups is 2. The second kappa shape index (κ2) is 5.42. The van der Waals surface area contributed by atoms with E-state index in [-0.39, 0.29) is 23.9 Å². The molecule has 4 heterocycles. The molecule has 0 spiro atoms. The number of anilines is 1. The highest BCUT2D eigenvalue weighted by Gasteiger charge is 2.49. The van der Waals surface area contributed by atoms with Gasteiger partial charge in [0.2, 0.25) is 5.91 Å². The molecule has 0 aromatic carbocycles. The van der Waals surface area contributed by atoms with Gasteiger partial charge >= 0.3 is 0 Å². The van der Waals surface area contributed by atoms with Gasteiger partial charge in [0.05, 0.1) is 30.2 Å². The summed E-state index contributed by atoms with van der Waals surface area (Å²) in [5.41, 5.74) is 1.30. The molecule has 0 aliphatic carbocycles. The van der Waals surface area contributed by atoms with Crippen LogP contribution >= 0.6 is 0 Å². The van der Waals surface area contributed by atoms with Crippen LogP contribution in [-0.4, -0.2) is 50.3 Å². The van der Waals surface area contributed by atoms with Gasteiger partial charge in [-0.3, -0.25) is 14.6 Å². The minimum absolute atomic E-state index is 0.000660. The fourth-order valence-corrected chi connectivity index (χ4v) is 3.51. The van der Waals surface area contributed by atoms with Crippen LogP contribution in [0.5, 0.6) is 0 Å². The minimum atomic E-state index is -0.0941. The molecule has 23 heavy (non-hydrogen) atoms. The van der Waals surface area contributed by atoms with E-state index in [0.29, 0.717) is 24.2 Å². The molecule has 7 heteroatoms.